The number of ether oxygens (including phenoxy) is 2. The molecule has 7 nitrogen and oxygen atoms in total. The van der Waals surface area contributed by atoms with Crippen LogP contribution in [-0.2, 0) is 4.79 Å². The molecular formula is C24H22N4O3S. The monoisotopic (exact) mass is 446 g/mol. The van der Waals surface area contributed by atoms with Crippen LogP contribution in [-0.4, -0.2) is 30.8 Å². The summed E-state index contributed by atoms with van der Waals surface area (Å²) in [6.07, 6.45) is 1.67. The number of thiazole rings is 1. The number of methoxy groups -OCH3 is 1. The highest BCUT2D eigenvalue weighted by Crippen LogP contribution is 2.28. The molecule has 0 saturated carbocycles. The van der Waals surface area contributed by atoms with Crippen molar-refractivity contribution in [2.24, 2.45) is 5.10 Å². The summed E-state index contributed by atoms with van der Waals surface area (Å²) in [5.41, 5.74) is 6.50. The number of aryl methyl sites for hydroxylation is 1. The molecule has 162 valence electrons. The topological polar surface area (TPSA) is 84.8 Å². The second-order valence-corrected chi connectivity index (χ2v) is 8.00. The molecule has 4 rings (SSSR count). The first-order valence-electron chi connectivity index (χ1n) is 9.93. The Bertz CT molecular complexity index is 1240. The summed E-state index contributed by atoms with van der Waals surface area (Å²) in [4.78, 5) is 16.7. The number of fused-ring (bicyclic) bond motifs is 1. The zero-order valence-electron chi connectivity index (χ0n) is 17.7. The second-order valence-electron chi connectivity index (χ2n) is 6.97. The molecule has 0 bridgehead atoms. The highest BCUT2D eigenvalue weighted by Gasteiger charge is 2.09. The van der Waals surface area contributed by atoms with E-state index in [1.807, 2.05) is 61.5 Å². The second kappa shape index (κ2) is 9.93. The molecule has 0 saturated heterocycles. The van der Waals surface area contributed by atoms with E-state index in [9.17, 15) is 4.79 Å². The van der Waals surface area contributed by atoms with E-state index in [4.69, 9.17) is 9.47 Å². The van der Waals surface area contributed by atoms with Crippen LogP contribution in [0.4, 0.5) is 10.8 Å². The molecule has 2 N–H and O–H groups in total. The third-order valence-electron chi connectivity index (χ3n) is 4.52. The van der Waals surface area contributed by atoms with Gasteiger partial charge in [-0.1, -0.05) is 35.6 Å². The van der Waals surface area contributed by atoms with Crippen molar-refractivity contribution in [2.75, 3.05) is 24.5 Å². The number of benzene rings is 3. The number of para-hydroxylation sites is 1. The third-order valence-corrected chi connectivity index (χ3v) is 5.46. The van der Waals surface area contributed by atoms with Gasteiger partial charge in [0.05, 0.1) is 23.5 Å². The maximum atomic E-state index is 12.2. The fraction of sp³-hybridized carbons (Fsp3) is 0.125. The Balaban J connectivity index is 1.35. The van der Waals surface area contributed by atoms with Crippen molar-refractivity contribution < 1.29 is 14.3 Å². The molecule has 0 aliphatic carbocycles. The SMILES string of the molecule is COc1cc(/C=N\Nc2nc3ccccc3s2)ccc1OCC(=O)Nc1cccc(C)c1. The molecule has 0 radical (unpaired) electrons. The van der Waals surface area contributed by atoms with Crippen molar-refractivity contribution in [3.8, 4) is 11.5 Å². The Labute approximate surface area is 189 Å². The molecule has 3 aromatic carbocycles. The lowest BCUT2D eigenvalue weighted by molar-refractivity contribution is -0.118. The first-order valence-corrected chi connectivity index (χ1v) is 10.7. The van der Waals surface area contributed by atoms with E-state index in [1.165, 1.54) is 11.3 Å². The first kappa shape index (κ1) is 21.3. The van der Waals surface area contributed by atoms with Gasteiger partial charge in [0.15, 0.2) is 18.1 Å². The molecule has 1 amide bonds. The molecular weight excluding hydrogens is 424 g/mol. The molecule has 0 unspecified atom stereocenters. The van der Waals surface area contributed by atoms with Crippen LogP contribution in [0.15, 0.2) is 71.8 Å². The largest absolute Gasteiger partial charge is 0.493 e. The molecule has 8 heteroatoms. The predicted octanol–water partition coefficient (Wildman–Crippen LogP) is 5.08. The van der Waals surface area contributed by atoms with Crippen LogP contribution in [0.25, 0.3) is 10.2 Å². The van der Waals surface area contributed by atoms with Crippen LogP contribution >= 0.6 is 11.3 Å². The number of nitrogens with zero attached hydrogens (tertiary/aromatic N) is 2. The third kappa shape index (κ3) is 5.41. The van der Waals surface area contributed by atoms with E-state index in [0.29, 0.717) is 16.6 Å². The molecule has 0 spiro atoms. The highest BCUT2D eigenvalue weighted by molar-refractivity contribution is 7.22. The van der Waals surface area contributed by atoms with Gasteiger partial charge in [-0.05, 0) is 60.5 Å². The molecule has 0 atom stereocenters. The van der Waals surface area contributed by atoms with E-state index in [1.54, 1.807) is 25.5 Å². The minimum absolute atomic E-state index is 0.128. The number of carbonyl (C=O) groups excluding carboxylic acids is 1. The molecule has 1 heterocycles. The maximum absolute atomic E-state index is 12.2. The maximum Gasteiger partial charge on any atom is 0.262 e. The lowest BCUT2D eigenvalue weighted by atomic mass is 10.2. The van der Waals surface area contributed by atoms with Gasteiger partial charge in [-0.3, -0.25) is 10.2 Å². The summed E-state index contributed by atoms with van der Waals surface area (Å²) in [6.45, 7) is 1.84. The number of carbonyl (C=O) groups is 1. The summed E-state index contributed by atoms with van der Waals surface area (Å²) >= 11 is 1.53. The number of hydrogen-bond acceptors (Lipinski definition) is 7. The minimum Gasteiger partial charge on any atom is -0.493 e. The molecule has 0 aliphatic rings. The van der Waals surface area contributed by atoms with Crippen LogP contribution in [0, 0.1) is 6.92 Å². The first-order chi connectivity index (χ1) is 15.6. The lowest BCUT2D eigenvalue weighted by Gasteiger charge is -2.11. The standard InChI is InChI=1S/C24H22N4O3S/c1-16-6-5-7-18(12-16)26-23(29)15-31-20-11-10-17(13-21(20)30-2)14-25-28-24-27-19-8-3-4-9-22(19)32-24/h3-14H,15H2,1-2H3,(H,26,29)(H,27,28)/b25-14-. The smallest absolute Gasteiger partial charge is 0.262 e. The van der Waals surface area contributed by atoms with E-state index < -0.39 is 0 Å². The number of nitrogens with one attached hydrogen (secondary N) is 2. The zero-order chi connectivity index (χ0) is 22.3. The molecule has 0 aliphatic heterocycles. The minimum atomic E-state index is -0.247. The van der Waals surface area contributed by atoms with Crippen molar-refractivity contribution >= 4 is 44.5 Å². The number of hydrogen-bond donors (Lipinski definition) is 2. The van der Waals surface area contributed by atoms with Crippen molar-refractivity contribution in [1.29, 1.82) is 0 Å². The van der Waals surface area contributed by atoms with E-state index in [-0.39, 0.29) is 12.5 Å². The van der Waals surface area contributed by atoms with Crippen molar-refractivity contribution in [1.82, 2.24) is 4.98 Å². The van der Waals surface area contributed by atoms with Crippen LogP contribution in [0.2, 0.25) is 0 Å². The fourth-order valence-electron chi connectivity index (χ4n) is 3.03. The molecule has 0 fully saturated rings. The Morgan fingerprint density at radius 1 is 1.09 bits per heavy atom. The normalized spacial score (nSPS) is 10.9. The lowest BCUT2D eigenvalue weighted by Crippen LogP contribution is -2.20. The van der Waals surface area contributed by atoms with Gasteiger partial charge in [0, 0.05) is 5.69 Å². The summed E-state index contributed by atoms with van der Waals surface area (Å²) in [6, 6.07) is 20.9. The zero-order valence-corrected chi connectivity index (χ0v) is 18.5. The van der Waals surface area contributed by atoms with Gasteiger partial charge in [0.1, 0.15) is 0 Å². The molecule has 4 aromatic rings. The Morgan fingerprint density at radius 2 is 1.97 bits per heavy atom. The molecule has 1 aromatic heterocycles. The predicted molar refractivity (Wildman–Crippen MR) is 129 cm³/mol. The van der Waals surface area contributed by atoms with Gasteiger partial charge in [-0.2, -0.15) is 5.10 Å². The average molecular weight is 447 g/mol. The van der Waals surface area contributed by atoms with E-state index in [0.717, 1.165) is 27.0 Å². The van der Waals surface area contributed by atoms with E-state index in [2.05, 4.69) is 20.8 Å². The summed E-state index contributed by atoms with van der Waals surface area (Å²) in [7, 11) is 1.55. The Kier molecular flexibility index (Phi) is 6.62. The Hall–Kier alpha value is -3.91. The van der Waals surface area contributed by atoms with Crippen LogP contribution in [0.3, 0.4) is 0 Å². The Morgan fingerprint density at radius 3 is 2.78 bits per heavy atom. The van der Waals surface area contributed by atoms with Crippen molar-refractivity contribution in [3.05, 3.63) is 77.9 Å². The highest BCUT2D eigenvalue weighted by atomic mass is 32.1. The fourth-order valence-corrected chi connectivity index (χ4v) is 3.84. The van der Waals surface area contributed by atoms with Gasteiger partial charge in [-0.25, -0.2) is 4.98 Å². The van der Waals surface area contributed by atoms with Crippen LogP contribution in [0.5, 0.6) is 11.5 Å². The van der Waals surface area contributed by atoms with E-state index >= 15 is 0 Å². The number of anilines is 2. The van der Waals surface area contributed by atoms with Gasteiger partial charge in [0.2, 0.25) is 5.13 Å². The summed E-state index contributed by atoms with van der Waals surface area (Å²) in [5.74, 6) is 0.740. The summed E-state index contributed by atoms with van der Waals surface area (Å²) < 4.78 is 12.2. The van der Waals surface area contributed by atoms with Crippen molar-refractivity contribution in [3.63, 3.8) is 0 Å². The van der Waals surface area contributed by atoms with Crippen LogP contribution in [0.1, 0.15) is 11.1 Å². The summed E-state index contributed by atoms with van der Waals surface area (Å²) in [5, 5.41) is 7.79. The average Bonchev–Trinajstić information content (AvgIpc) is 3.21. The molecule has 32 heavy (non-hydrogen) atoms. The number of amides is 1. The van der Waals surface area contributed by atoms with Crippen molar-refractivity contribution in [2.45, 2.75) is 6.92 Å². The number of hydrazone groups is 1. The van der Waals surface area contributed by atoms with Gasteiger partial charge < -0.3 is 14.8 Å². The number of rotatable bonds is 8. The number of aromatic nitrogens is 1. The van der Waals surface area contributed by atoms with Gasteiger partial charge in [-0.15, -0.1) is 0 Å². The quantitative estimate of drug-likeness (QED) is 0.291. The van der Waals surface area contributed by atoms with Gasteiger partial charge in [0.25, 0.3) is 5.91 Å². The van der Waals surface area contributed by atoms with Crippen LogP contribution < -0.4 is 20.2 Å². The van der Waals surface area contributed by atoms with Gasteiger partial charge >= 0.3 is 0 Å².